The van der Waals surface area contributed by atoms with Gasteiger partial charge in [0.25, 0.3) is 0 Å². The fraction of sp³-hybridized carbons (Fsp3) is 0.714. The van der Waals surface area contributed by atoms with Crippen molar-refractivity contribution in [3.8, 4) is 0 Å². The smallest absolute Gasteiger partial charge is 0.242 e. The van der Waals surface area contributed by atoms with Gasteiger partial charge in [-0.15, -0.1) is 0 Å². The van der Waals surface area contributed by atoms with Crippen molar-refractivity contribution >= 4 is 10.0 Å². The summed E-state index contributed by atoms with van der Waals surface area (Å²) in [5.74, 6) is 0.444. The molecule has 2 rings (SSSR count). The minimum absolute atomic E-state index is 0.00720. The van der Waals surface area contributed by atoms with Crippen LogP contribution in [0.25, 0.3) is 0 Å². The molecule has 5 nitrogen and oxygen atoms in total. The maximum Gasteiger partial charge on any atom is 0.242 e. The summed E-state index contributed by atoms with van der Waals surface area (Å²) in [6.07, 6.45) is 8.11. The van der Waals surface area contributed by atoms with Crippen molar-refractivity contribution in [1.29, 1.82) is 0 Å². The van der Waals surface area contributed by atoms with Crippen LogP contribution < -0.4 is 4.72 Å². The Morgan fingerprint density at radius 3 is 2.65 bits per heavy atom. The van der Waals surface area contributed by atoms with Gasteiger partial charge in [-0.1, -0.05) is 26.2 Å². The maximum absolute atomic E-state index is 12.4. The summed E-state index contributed by atoms with van der Waals surface area (Å²) >= 11 is 0. The number of sulfonamides is 1. The molecule has 3 N–H and O–H groups in total. The van der Waals surface area contributed by atoms with Gasteiger partial charge in [0.15, 0.2) is 0 Å². The topological polar surface area (TPSA) is 82.2 Å². The van der Waals surface area contributed by atoms with Crippen molar-refractivity contribution in [3.63, 3.8) is 0 Å². The predicted molar refractivity (Wildman–Crippen MR) is 77.7 cm³/mol. The second-order valence-corrected chi connectivity index (χ2v) is 7.27. The van der Waals surface area contributed by atoms with Crippen molar-refractivity contribution in [2.75, 3.05) is 0 Å². The molecule has 20 heavy (non-hydrogen) atoms. The lowest BCUT2D eigenvalue weighted by Gasteiger charge is -2.29. The van der Waals surface area contributed by atoms with Gasteiger partial charge in [0.1, 0.15) is 0 Å². The first kappa shape index (κ1) is 15.5. The zero-order valence-electron chi connectivity index (χ0n) is 11.9. The predicted octanol–water partition coefficient (Wildman–Crippen LogP) is 2.14. The van der Waals surface area contributed by atoms with Crippen molar-refractivity contribution in [1.82, 2.24) is 9.71 Å². The molecule has 0 spiro atoms. The first-order valence-corrected chi connectivity index (χ1v) is 8.85. The summed E-state index contributed by atoms with van der Waals surface area (Å²) in [7, 11) is -3.50. The van der Waals surface area contributed by atoms with Crippen LogP contribution in [0.3, 0.4) is 0 Å². The van der Waals surface area contributed by atoms with Crippen LogP contribution in [0.5, 0.6) is 0 Å². The Bertz CT molecular complexity index is 518. The zero-order valence-corrected chi connectivity index (χ0v) is 12.7. The average Bonchev–Trinajstić information content (AvgIpc) is 2.95. The van der Waals surface area contributed by atoms with E-state index in [0.29, 0.717) is 11.6 Å². The molecular weight excluding hydrogens is 276 g/mol. The second-order valence-electron chi connectivity index (χ2n) is 5.55. The van der Waals surface area contributed by atoms with Gasteiger partial charge in [-0.25, -0.2) is 13.1 Å². The average molecular weight is 300 g/mol. The highest BCUT2D eigenvalue weighted by atomic mass is 32.2. The molecule has 1 atom stereocenters. The number of H-pyrrole nitrogens is 1. The third-order valence-corrected chi connectivity index (χ3v) is 5.63. The van der Waals surface area contributed by atoms with Gasteiger partial charge in [0, 0.05) is 17.9 Å². The number of aliphatic hydroxyl groups is 1. The maximum atomic E-state index is 12.4. The summed E-state index contributed by atoms with van der Waals surface area (Å²) < 4.78 is 27.6. The second kappa shape index (κ2) is 6.74. The van der Waals surface area contributed by atoms with E-state index >= 15 is 0 Å². The molecule has 0 amide bonds. The van der Waals surface area contributed by atoms with E-state index in [9.17, 15) is 8.42 Å². The molecule has 0 aromatic carbocycles. The summed E-state index contributed by atoms with van der Waals surface area (Å²) in [5, 5.41) is 9.00. The fourth-order valence-corrected chi connectivity index (χ4v) is 4.39. The Labute approximate surface area is 120 Å². The lowest BCUT2D eigenvalue weighted by molar-refractivity contribution is 0.277. The minimum Gasteiger partial charge on any atom is -0.390 e. The number of rotatable bonds is 6. The molecule has 1 aromatic heterocycles. The Hall–Kier alpha value is -0.850. The van der Waals surface area contributed by atoms with E-state index in [0.717, 1.165) is 19.3 Å². The normalized spacial score (nSPS) is 19.1. The number of aliphatic hydroxyl groups excluding tert-OH is 1. The van der Waals surface area contributed by atoms with E-state index in [2.05, 4.69) is 9.71 Å². The van der Waals surface area contributed by atoms with Crippen LogP contribution in [0.15, 0.2) is 17.2 Å². The molecule has 0 bridgehead atoms. The van der Waals surface area contributed by atoms with Gasteiger partial charge in [-0.3, -0.25) is 0 Å². The molecule has 1 fully saturated rings. The van der Waals surface area contributed by atoms with Crippen LogP contribution in [-0.4, -0.2) is 24.6 Å². The lowest BCUT2D eigenvalue weighted by Crippen LogP contribution is -2.40. The van der Waals surface area contributed by atoms with Gasteiger partial charge in [-0.2, -0.15) is 0 Å². The SMILES string of the molecule is CCC(NS(=O)(=O)c1c[nH]c(CO)c1)C1CCCCC1. The Morgan fingerprint density at radius 2 is 2.10 bits per heavy atom. The molecule has 1 aliphatic carbocycles. The van der Waals surface area contributed by atoms with E-state index in [1.165, 1.54) is 31.5 Å². The number of hydrogen-bond acceptors (Lipinski definition) is 3. The van der Waals surface area contributed by atoms with E-state index in [-0.39, 0.29) is 17.5 Å². The largest absolute Gasteiger partial charge is 0.390 e. The van der Waals surface area contributed by atoms with Gasteiger partial charge >= 0.3 is 0 Å². The van der Waals surface area contributed by atoms with Gasteiger partial charge in [0.05, 0.1) is 11.5 Å². The minimum atomic E-state index is -3.50. The highest BCUT2D eigenvalue weighted by molar-refractivity contribution is 7.89. The molecule has 1 aliphatic rings. The Morgan fingerprint density at radius 1 is 1.40 bits per heavy atom. The monoisotopic (exact) mass is 300 g/mol. The van der Waals surface area contributed by atoms with Crippen LogP contribution in [-0.2, 0) is 16.6 Å². The quantitative estimate of drug-likeness (QED) is 0.753. The van der Waals surface area contributed by atoms with Crippen molar-refractivity contribution < 1.29 is 13.5 Å². The number of hydrogen-bond donors (Lipinski definition) is 3. The third kappa shape index (κ3) is 3.62. The first-order valence-electron chi connectivity index (χ1n) is 7.37. The molecule has 1 unspecified atom stereocenters. The van der Waals surface area contributed by atoms with Crippen LogP contribution in [0.2, 0.25) is 0 Å². The van der Waals surface area contributed by atoms with Gasteiger partial charge < -0.3 is 10.1 Å². The standard InChI is InChI=1S/C14H24N2O3S/c1-2-14(11-6-4-3-5-7-11)16-20(18,19)13-8-12(10-17)15-9-13/h8-9,11,14-17H,2-7,10H2,1H3. The van der Waals surface area contributed by atoms with Gasteiger partial charge in [0.2, 0.25) is 10.0 Å². The zero-order chi connectivity index (χ0) is 14.6. The molecule has 0 aliphatic heterocycles. The van der Waals surface area contributed by atoms with Crippen molar-refractivity contribution in [2.45, 2.75) is 63.0 Å². The van der Waals surface area contributed by atoms with E-state index in [1.807, 2.05) is 6.92 Å². The highest BCUT2D eigenvalue weighted by Gasteiger charge is 2.27. The highest BCUT2D eigenvalue weighted by Crippen LogP contribution is 2.28. The Kier molecular flexibility index (Phi) is 5.23. The summed E-state index contributed by atoms with van der Waals surface area (Å²) in [6.45, 7) is 1.84. The summed E-state index contributed by atoms with van der Waals surface area (Å²) in [4.78, 5) is 2.97. The Balaban J connectivity index is 2.08. The van der Waals surface area contributed by atoms with Gasteiger partial charge in [-0.05, 0) is 31.2 Å². The molecule has 0 radical (unpaired) electrons. The third-order valence-electron chi connectivity index (χ3n) is 4.16. The van der Waals surface area contributed by atoms with E-state index in [4.69, 9.17) is 5.11 Å². The van der Waals surface area contributed by atoms with Crippen molar-refractivity contribution in [2.24, 2.45) is 5.92 Å². The van der Waals surface area contributed by atoms with Crippen LogP contribution in [0, 0.1) is 5.92 Å². The van der Waals surface area contributed by atoms with Crippen LogP contribution >= 0.6 is 0 Å². The number of aromatic nitrogens is 1. The number of nitrogens with one attached hydrogen (secondary N) is 2. The van der Waals surface area contributed by atoms with Crippen LogP contribution in [0.1, 0.15) is 51.1 Å². The van der Waals surface area contributed by atoms with E-state index in [1.54, 1.807) is 0 Å². The molecular formula is C14H24N2O3S. The molecule has 114 valence electrons. The fourth-order valence-electron chi connectivity index (χ4n) is 2.98. The number of aromatic amines is 1. The van der Waals surface area contributed by atoms with E-state index < -0.39 is 10.0 Å². The molecule has 1 saturated carbocycles. The van der Waals surface area contributed by atoms with Crippen LogP contribution in [0.4, 0.5) is 0 Å². The molecule has 0 saturated heterocycles. The molecule has 1 aromatic rings. The lowest BCUT2D eigenvalue weighted by atomic mass is 9.83. The summed E-state index contributed by atoms with van der Waals surface area (Å²) in [6, 6.07) is 1.49. The first-order chi connectivity index (χ1) is 9.56. The molecule has 6 heteroatoms. The summed E-state index contributed by atoms with van der Waals surface area (Å²) in [5.41, 5.74) is 0.510. The molecule has 1 heterocycles. The van der Waals surface area contributed by atoms with Crippen molar-refractivity contribution in [3.05, 3.63) is 18.0 Å².